The van der Waals surface area contributed by atoms with Gasteiger partial charge in [0.1, 0.15) is 15.3 Å². The maximum Gasteiger partial charge on any atom is 0.348 e. The zero-order valence-corrected chi connectivity index (χ0v) is 16.6. The molecule has 0 saturated carbocycles. The first-order valence-electron chi connectivity index (χ1n) is 8.20. The largest absolute Gasteiger partial charge is 0.453 e. The van der Waals surface area contributed by atoms with Gasteiger partial charge in [0.05, 0.1) is 4.70 Å². The molecule has 0 aliphatic rings. The number of esters is 1. The summed E-state index contributed by atoms with van der Waals surface area (Å²) in [5, 5.41) is 1.76. The smallest absolute Gasteiger partial charge is 0.348 e. The molecule has 0 bridgehead atoms. The summed E-state index contributed by atoms with van der Waals surface area (Å²) in [6, 6.07) is 9.18. The van der Waals surface area contributed by atoms with Gasteiger partial charge in [-0.25, -0.2) is 9.78 Å². The fourth-order valence-electron chi connectivity index (χ4n) is 2.72. The lowest BCUT2D eigenvalue weighted by molar-refractivity contribution is 0.0473. The maximum absolute atomic E-state index is 12.4. The summed E-state index contributed by atoms with van der Waals surface area (Å²) in [7, 11) is 3.84. The van der Waals surface area contributed by atoms with Gasteiger partial charge >= 0.3 is 5.97 Å². The SMILES string of the molecule is Cc1c(C(=O)COC(=O)c2cc3sc(N(C)C)nc3s2)oc2ccccc12. The van der Waals surface area contributed by atoms with Crippen LogP contribution in [0.3, 0.4) is 0 Å². The third kappa shape index (κ3) is 3.22. The van der Waals surface area contributed by atoms with Gasteiger partial charge in [0.2, 0.25) is 5.78 Å². The van der Waals surface area contributed by atoms with Crippen molar-refractivity contribution >= 4 is 60.1 Å². The number of Topliss-reactive ketones (excluding diaryl/α,β-unsaturated/α-hetero) is 1. The number of hydrogen-bond acceptors (Lipinski definition) is 8. The minimum absolute atomic E-state index is 0.230. The van der Waals surface area contributed by atoms with Crippen molar-refractivity contribution in [3.05, 3.63) is 46.5 Å². The minimum Gasteiger partial charge on any atom is -0.453 e. The number of hydrogen-bond donors (Lipinski definition) is 0. The minimum atomic E-state index is -0.529. The van der Waals surface area contributed by atoms with Crippen molar-refractivity contribution in [2.24, 2.45) is 0 Å². The highest BCUT2D eigenvalue weighted by Crippen LogP contribution is 2.34. The molecule has 0 N–H and O–H groups in total. The van der Waals surface area contributed by atoms with Gasteiger partial charge in [0.15, 0.2) is 17.5 Å². The molecule has 8 heteroatoms. The number of rotatable bonds is 5. The van der Waals surface area contributed by atoms with E-state index in [4.69, 9.17) is 9.15 Å². The molecule has 0 saturated heterocycles. The number of thiophene rings is 1. The number of ether oxygens (including phenoxy) is 1. The topological polar surface area (TPSA) is 72.6 Å². The van der Waals surface area contributed by atoms with E-state index in [9.17, 15) is 9.59 Å². The second-order valence-electron chi connectivity index (χ2n) is 6.22. The Hall–Kier alpha value is -2.71. The van der Waals surface area contributed by atoms with E-state index < -0.39 is 5.97 Å². The molecule has 0 radical (unpaired) electrons. The number of para-hydroxylation sites is 1. The maximum atomic E-state index is 12.4. The molecule has 3 heterocycles. The second-order valence-corrected chi connectivity index (χ2v) is 8.26. The molecule has 0 aliphatic carbocycles. The second kappa shape index (κ2) is 6.79. The Morgan fingerprint density at radius 2 is 2.00 bits per heavy atom. The number of ketones is 1. The molecule has 0 unspecified atom stereocenters. The summed E-state index contributed by atoms with van der Waals surface area (Å²) < 4.78 is 11.7. The van der Waals surface area contributed by atoms with Crippen LogP contribution in [0, 0.1) is 6.92 Å². The first kappa shape index (κ1) is 17.7. The highest BCUT2D eigenvalue weighted by atomic mass is 32.1. The van der Waals surface area contributed by atoms with Crippen molar-refractivity contribution in [3.63, 3.8) is 0 Å². The first-order valence-corrected chi connectivity index (χ1v) is 9.83. The average Bonchev–Trinajstić information content (AvgIpc) is 3.31. The predicted molar refractivity (Wildman–Crippen MR) is 107 cm³/mol. The van der Waals surface area contributed by atoms with E-state index in [0.29, 0.717) is 10.5 Å². The number of aryl methyl sites for hydroxylation is 1. The fraction of sp³-hybridized carbons (Fsp3) is 0.211. The zero-order chi connectivity index (χ0) is 19.1. The number of furan rings is 1. The summed E-state index contributed by atoms with van der Waals surface area (Å²) in [5.41, 5.74) is 1.40. The molecule has 0 fully saturated rings. The van der Waals surface area contributed by atoms with Gasteiger partial charge in [-0.1, -0.05) is 29.5 Å². The number of fused-ring (bicyclic) bond motifs is 2. The lowest BCUT2D eigenvalue weighted by atomic mass is 10.1. The molecular weight excluding hydrogens is 384 g/mol. The summed E-state index contributed by atoms with van der Waals surface area (Å²) in [5.74, 6) is -0.657. The molecule has 1 aromatic carbocycles. The molecule has 0 spiro atoms. The van der Waals surface area contributed by atoms with E-state index >= 15 is 0 Å². The highest BCUT2D eigenvalue weighted by Gasteiger charge is 2.21. The molecule has 0 atom stereocenters. The Bertz CT molecular complexity index is 1140. The standard InChI is InChI=1S/C19H16N2O4S2/c1-10-11-6-4-5-7-13(11)25-16(10)12(22)9-24-18(23)15-8-14-17(26-15)20-19(27-14)21(2)3/h4-8H,9H2,1-3H3. The Morgan fingerprint density at radius 3 is 2.70 bits per heavy atom. The summed E-state index contributed by atoms with van der Waals surface area (Å²) >= 11 is 2.77. The van der Waals surface area contributed by atoms with Crippen LogP contribution in [0.25, 0.3) is 20.5 Å². The number of anilines is 1. The van der Waals surface area contributed by atoms with Crippen LogP contribution in [-0.4, -0.2) is 37.4 Å². The van der Waals surface area contributed by atoms with E-state index in [1.165, 1.54) is 22.7 Å². The zero-order valence-electron chi connectivity index (χ0n) is 14.9. The third-order valence-electron chi connectivity index (χ3n) is 4.09. The van der Waals surface area contributed by atoms with Gasteiger partial charge in [-0.3, -0.25) is 4.79 Å². The van der Waals surface area contributed by atoms with Crippen molar-refractivity contribution in [2.45, 2.75) is 6.92 Å². The van der Waals surface area contributed by atoms with E-state index in [2.05, 4.69) is 4.98 Å². The summed E-state index contributed by atoms with van der Waals surface area (Å²) in [4.78, 5) is 32.3. The fourth-order valence-corrected chi connectivity index (χ4v) is 4.75. The van der Waals surface area contributed by atoms with Crippen LogP contribution in [-0.2, 0) is 4.74 Å². The number of aromatic nitrogens is 1. The lowest BCUT2D eigenvalue weighted by Gasteiger charge is -2.05. The Balaban J connectivity index is 1.47. The Morgan fingerprint density at radius 1 is 1.22 bits per heavy atom. The Labute approximate surface area is 163 Å². The van der Waals surface area contributed by atoms with E-state index in [-0.39, 0.29) is 18.2 Å². The molecule has 138 valence electrons. The highest BCUT2D eigenvalue weighted by molar-refractivity contribution is 7.29. The van der Waals surface area contributed by atoms with Crippen molar-refractivity contribution < 1.29 is 18.7 Å². The van der Waals surface area contributed by atoms with Gasteiger partial charge in [-0.15, -0.1) is 11.3 Å². The number of carbonyl (C=O) groups is 2. The number of benzene rings is 1. The summed E-state index contributed by atoms with van der Waals surface area (Å²) in [6.45, 7) is 1.46. The van der Waals surface area contributed by atoms with Crippen LogP contribution in [0.1, 0.15) is 25.8 Å². The molecule has 0 aliphatic heterocycles. The van der Waals surface area contributed by atoms with Crippen LogP contribution >= 0.6 is 22.7 Å². The molecule has 4 aromatic rings. The normalized spacial score (nSPS) is 11.2. The molecule has 4 rings (SSSR count). The van der Waals surface area contributed by atoms with Crippen LogP contribution in [0.5, 0.6) is 0 Å². The number of carbonyl (C=O) groups excluding carboxylic acids is 2. The van der Waals surface area contributed by atoms with Crippen molar-refractivity contribution in [1.82, 2.24) is 4.98 Å². The molecular formula is C19H16N2O4S2. The monoisotopic (exact) mass is 400 g/mol. The number of thiazole rings is 1. The molecule has 6 nitrogen and oxygen atoms in total. The summed E-state index contributed by atoms with van der Waals surface area (Å²) in [6.07, 6.45) is 0. The van der Waals surface area contributed by atoms with Crippen LogP contribution in [0.4, 0.5) is 5.13 Å². The van der Waals surface area contributed by atoms with Gasteiger partial charge in [-0.05, 0) is 19.1 Å². The van der Waals surface area contributed by atoms with Crippen molar-refractivity contribution in [2.75, 3.05) is 25.6 Å². The van der Waals surface area contributed by atoms with Gasteiger partial charge < -0.3 is 14.1 Å². The molecule has 3 aromatic heterocycles. The predicted octanol–water partition coefficient (Wildman–Crippen LogP) is 4.52. The van der Waals surface area contributed by atoms with Crippen LogP contribution in [0.15, 0.2) is 34.7 Å². The van der Waals surface area contributed by atoms with E-state index in [1.54, 1.807) is 12.1 Å². The van der Waals surface area contributed by atoms with Crippen LogP contribution < -0.4 is 4.90 Å². The third-order valence-corrected chi connectivity index (χ3v) is 6.40. The average molecular weight is 400 g/mol. The lowest BCUT2D eigenvalue weighted by Crippen LogP contribution is -2.13. The van der Waals surface area contributed by atoms with Gasteiger partial charge in [0, 0.05) is 25.0 Å². The molecule has 27 heavy (non-hydrogen) atoms. The van der Waals surface area contributed by atoms with E-state index in [0.717, 1.165) is 25.6 Å². The number of nitrogens with zero attached hydrogens (tertiary/aromatic N) is 2. The van der Waals surface area contributed by atoms with Crippen molar-refractivity contribution in [1.29, 1.82) is 0 Å². The van der Waals surface area contributed by atoms with Gasteiger partial charge in [-0.2, -0.15) is 0 Å². The molecule has 0 amide bonds. The van der Waals surface area contributed by atoms with Crippen molar-refractivity contribution in [3.8, 4) is 0 Å². The van der Waals surface area contributed by atoms with Crippen LogP contribution in [0.2, 0.25) is 0 Å². The van der Waals surface area contributed by atoms with Gasteiger partial charge in [0.25, 0.3) is 0 Å². The quantitative estimate of drug-likeness (QED) is 0.362. The Kier molecular flexibility index (Phi) is 4.45. The first-order chi connectivity index (χ1) is 12.9. The van der Waals surface area contributed by atoms with E-state index in [1.807, 2.05) is 44.1 Å².